The molecule has 0 saturated carbocycles. The van der Waals surface area contributed by atoms with Crippen LogP contribution in [0, 0.1) is 5.41 Å². The second kappa shape index (κ2) is 6.98. The Balaban J connectivity index is 2.98. The fourth-order valence-electron chi connectivity index (χ4n) is 2.57. The molecule has 1 fully saturated rings. The Labute approximate surface area is 132 Å². The monoisotopic (exact) mass is 317 g/mol. The number of aliphatic hydroxyl groups excluding tert-OH is 1. The molecule has 1 rings (SSSR count). The average molecular weight is 317 g/mol. The van der Waals surface area contributed by atoms with Gasteiger partial charge < -0.3 is 15.3 Å². The first kappa shape index (κ1) is 18.3. The lowest BCUT2D eigenvalue weighted by Crippen LogP contribution is -2.57. The fraction of sp³-hybridized carbons (Fsp3) is 0.857. The van der Waals surface area contributed by atoms with Crippen molar-refractivity contribution in [1.82, 2.24) is 15.5 Å². The van der Waals surface area contributed by atoms with Gasteiger partial charge in [-0.15, -0.1) is 0 Å². The Morgan fingerprint density at radius 1 is 1.38 bits per heavy atom. The maximum Gasteiger partial charge on any atom is 0.242 e. The number of likely N-dealkylation sites (N-methyl/N-ethyl adjacent to an activating group) is 1. The molecule has 0 aromatic rings. The number of hydrogen-bond donors (Lipinski definition) is 4. The summed E-state index contributed by atoms with van der Waals surface area (Å²) in [5, 5.41) is 15.4. The van der Waals surface area contributed by atoms with E-state index in [1.807, 2.05) is 27.7 Å². The van der Waals surface area contributed by atoms with Gasteiger partial charge in [0, 0.05) is 25.4 Å². The quantitative estimate of drug-likeness (QED) is 0.434. The second-order valence-corrected chi connectivity index (χ2v) is 7.43. The summed E-state index contributed by atoms with van der Waals surface area (Å²) in [5.41, 5.74) is -0.325. The maximum absolute atomic E-state index is 12.8. The van der Waals surface area contributed by atoms with E-state index in [4.69, 9.17) is 0 Å². The molecule has 0 radical (unpaired) electrons. The van der Waals surface area contributed by atoms with Crippen molar-refractivity contribution in [3.8, 4) is 0 Å². The normalized spacial score (nSPS) is 25.6. The highest BCUT2D eigenvalue weighted by Gasteiger charge is 2.43. The zero-order valence-electron chi connectivity index (χ0n) is 13.4. The third-order valence-corrected chi connectivity index (χ3v) is 3.78. The van der Waals surface area contributed by atoms with Crippen LogP contribution in [-0.2, 0) is 9.59 Å². The second-order valence-electron chi connectivity index (χ2n) is 6.65. The van der Waals surface area contributed by atoms with Crippen molar-refractivity contribution in [1.29, 1.82) is 0 Å². The van der Waals surface area contributed by atoms with Crippen LogP contribution < -0.4 is 10.6 Å². The molecule has 21 heavy (non-hydrogen) atoms. The predicted molar refractivity (Wildman–Crippen MR) is 85.0 cm³/mol. The Morgan fingerprint density at radius 3 is 2.38 bits per heavy atom. The first-order valence-corrected chi connectivity index (χ1v) is 7.73. The van der Waals surface area contributed by atoms with Crippen LogP contribution in [-0.4, -0.2) is 59.0 Å². The number of amides is 2. The molecule has 0 spiro atoms. The summed E-state index contributed by atoms with van der Waals surface area (Å²) in [4.78, 5) is 26.2. The first-order chi connectivity index (χ1) is 9.57. The summed E-state index contributed by atoms with van der Waals surface area (Å²) < 4.78 is 0. The molecular weight excluding hydrogens is 290 g/mol. The van der Waals surface area contributed by atoms with E-state index in [2.05, 4.69) is 23.3 Å². The molecule has 0 aromatic heterocycles. The lowest BCUT2D eigenvalue weighted by atomic mass is 9.85. The Hall–Kier alpha value is -0.790. The summed E-state index contributed by atoms with van der Waals surface area (Å²) in [6.07, 6.45) is -0.385. The Bertz CT molecular complexity index is 395. The van der Waals surface area contributed by atoms with E-state index < -0.39 is 18.2 Å². The largest absolute Gasteiger partial charge is 0.391 e. The number of nitrogens with one attached hydrogen (secondary N) is 2. The average Bonchev–Trinajstić information content (AvgIpc) is 2.74. The fourth-order valence-corrected chi connectivity index (χ4v) is 2.72. The van der Waals surface area contributed by atoms with Crippen LogP contribution in [0.1, 0.15) is 34.1 Å². The van der Waals surface area contributed by atoms with Gasteiger partial charge in [-0.05, 0) is 12.3 Å². The van der Waals surface area contributed by atoms with E-state index >= 15 is 0 Å². The van der Waals surface area contributed by atoms with Gasteiger partial charge in [-0.25, -0.2) is 0 Å². The topological polar surface area (TPSA) is 81.7 Å². The Morgan fingerprint density at radius 2 is 1.95 bits per heavy atom. The standard InChI is InChI=1S/C14H27N3O3S/c1-8(21)16-11(14(2,3)4)13(20)17-7-9(18)6-10(17)12(19)15-5/h8-11,16,18,21H,6-7H2,1-5H3,(H,15,19)/t8?,9-,10+,11-/m1/s1. The molecule has 3 N–H and O–H groups in total. The molecule has 1 aliphatic heterocycles. The van der Waals surface area contributed by atoms with Gasteiger partial charge in [0.25, 0.3) is 0 Å². The Kier molecular flexibility index (Phi) is 6.07. The third-order valence-electron chi connectivity index (χ3n) is 3.63. The van der Waals surface area contributed by atoms with Gasteiger partial charge in [0.2, 0.25) is 11.8 Å². The number of β-amino-alcohol motifs (C(OH)–C–C–N with tert-alkyl or cyclic N) is 1. The van der Waals surface area contributed by atoms with Gasteiger partial charge in [-0.3, -0.25) is 14.9 Å². The summed E-state index contributed by atoms with van der Waals surface area (Å²) >= 11 is 4.30. The molecule has 1 saturated heterocycles. The van der Waals surface area contributed by atoms with Crippen molar-refractivity contribution in [3.63, 3.8) is 0 Å². The lowest BCUT2D eigenvalue weighted by Gasteiger charge is -2.36. The maximum atomic E-state index is 12.8. The highest BCUT2D eigenvalue weighted by Crippen LogP contribution is 2.26. The van der Waals surface area contributed by atoms with E-state index in [1.165, 1.54) is 11.9 Å². The van der Waals surface area contributed by atoms with Crippen LogP contribution >= 0.6 is 12.6 Å². The van der Waals surface area contributed by atoms with Gasteiger partial charge in [0.05, 0.1) is 12.1 Å². The highest BCUT2D eigenvalue weighted by atomic mass is 32.1. The minimum atomic E-state index is -0.662. The zero-order chi connectivity index (χ0) is 16.4. The molecule has 0 aliphatic carbocycles. The smallest absolute Gasteiger partial charge is 0.242 e. The van der Waals surface area contributed by atoms with Gasteiger partial charge in [0.1, 0.15) is 6.04 Å². The van der Waals surface area contributed by atoms with E-state index in [1.54, 1.807) is 0 Å². The number of likely N-dealkylation sites (tertiary alicyclic amines) is 1. The first-order valence-electron chi connectivity index (χ1n) is 7.22. The minimum Gasteiger partial charge on any atom is -0.391 e. The van der Waals surface area contributed by atoms with Crippen molar-refractivity contribution in [3.05, 3.63) is 0 Å². The van der Waals surface area contributed by atoms with Gasteiger partial charge in [0.15, 0.2) is 0 Å². The summed E-state index contributed by atoms with van der Waals surface area (Å²) in [6.45, 7) is 7.91. The van der Waals surface area contributed by atoms with E-state index in [0.29, 0.717) is 0 Å². The summed E-state index contributed by atoms with van der Waals surface area (Å²) in [7, 11) is 1.53. The van der Waals surface area contributed by atoms with E-state index in [9.17, 15) is 14.7 Å². The minimum absolute atomic E-state index is 0.149. The predicted octanol–water partition coefficient (Wildman–Crippen LogP) is -0.0257. The van der Waals surface area contributed by atoms with Crippen LogP contribution in [0.5, 0.6) is 0 Å². The zero-order valence-corrected chi connectivity index (χ0v) is 14.3. The van der Waals surface area contributed by atoms with Crippen LogP contribution in [0.4, 0.5) is 0 Å². The highest BCUT2D eigenvalue weighted by molar-refractivity contribution is 7.80. The molecule has 0 bridgehead atoms. The van der Waals surface area contributed by atoms with Crippen molar-refractivity contribution in [2.75, 3.05) is 13.6 Å². The van der Waals surface area contributed by atoms with Gasteiger partial charge in [-0.2, -0.15) is 12.6 Å². The van der Waals surface area contributed by atoms with Gasteiger partial charge in [-0.1, -0.05) is 20.8 Å². The molecule has 122 valence electrons. The van der Waals surface area contributed by atoms with Gasteiger partial charge >= 0.3 is 0 Å². The molecule has 1 aliphatic rings. The van der Waals surface area contributed by atoms with Crippen molar-refractivity contribution in [2.45, 2.75) is 57.7 Å². The molecule has 1 unspecified atom stereocenters. The van der Waals surface area contributed by atoms with E-state index in [-0.39, 0.29) is 35.6 Å². The number of carbonyl (C=O) groups is 2. The molecule has 4 atom stereocenters. The van der Waals surface area contributed by atoms with Crippen molar-refractivity contribution >= 4 is 24.4 Å². The number of thiol groups is 1. The molecule has 7 heteroatoms. The SMILES string of the molecule is CNC(=O)[C@@H]1C[C@@H](O)CN1C(=O)[C@@H](NC(C)S)C(C)(C)C. The summed E-state index contributed by atoms with van der Waals surface area (Å²) in [6, 6.07) is -1.08. The molecule has 0 aromatic carbocycles. The van der Waals surface area contributed by atoms with Crippen LogP contribution in [0.15, 0.2) is 0 Å². The molecular formula is C14H27N3O3S. The molecule has 6 nitrogen and oxygen atoms in total. The number of carbonyl (C=O) groups excluding carboxylic acids is 2. The van der Waals surface area contributed by atoms with Crippen LogP contribution in [0.2, 0.25) is 0 Å². The number of rotatable bonds is 4. The number of hydrogen-bond acceptors (Lipinski definition) is 5. The number of nitrogens with zero attached hydrogens (tertiary/aromatic N) is 1. The van der Waals surface area contributed by atoms with Crippen LogP contribution in [0.3, 0.4) is 0 Å². The number of aliphatic hydroxyl groups is 1. The van der Waals surface area contributed by atoms with Crippen molar-refractivity contribution < 1.29 is 14.7 Å². The summed E-state index contributed by atoms with van der Waals surface area (Å²) in [5.74, 6) is -0.417. The molecule has 1 heterocycles. The van der Waals surface area contributed by atoms with Crippen LogP contribution in [0.25, 0.3) is 0 Å². The van der Waals surface area contributed by atoms with E-state index in [0.717, 1.165) is 0 Å². The molecule has 2 amide bonds. The third kappa shape index (κ3) is 4.59. The lowest BCUT2D eigenvalue weighted by molar-refractivity contribution is -0.142. The van der Waals surface area contributed by atoms with Crippen molar-refractivity contribution in [2.24, 2.45) is 5.41 Å².